The van der Waals surface area contributed by atoms with E-state index in [4.69, 9.17) is 4.74 Å². The van der Waals surface area contributed by atoms with Gasteiger partial charge < -0.3 is 15.4 Å². The van der Waals surface area contributed by atoms with Crippen LogP contribution >= 0.6 is 0 Å². The van der Waals surface area contributed by atoms with Crippen LogP contribution in [0.15, 0.2) is 72.8 Å². The third-order valence-corrected chi connectivity index (χ3v) is 4.71. The number of hydrogen-bond donors (Lipinski definition) is 2. The number of carbonyl (C=O) groups excluding carboxylic acids is 2. The van der Waals surface area contributed by atoms with Crippen molar-refractivity contribution in [2.24, 2.45) is 0 Å². The second-order valence-electron chi connectivity index (χ2n) is 6.99. The van der Waals surface area contributed by atoms with E-state index in [2.05, 4.69) is 34.9 Å². The summed E-state index contributed by atoms with van der Waals surface area (Å²) in [6, 6.07) is 23.8. The number of rotatable bonds is 8. The number of benzene rings is 3. The Morgan fingerprint density at radius 1 is 0.931 bits per heavy atom. The maximum absolute atomic E-state index is 12.2. The number of fused-ring (bicyclic) bond motifs is 1. The number of nitrogens with one attached hydrogen (secondary N) is 2. The third kappa shape index (κ3) is 6.35. The molecule has 0 spiro atoms. The molecular weight excluding hydrogens is 364 g/mol. The van der Waals surface area contributed by atoms with Crippen molar-refractivity contribution in [3.63, 3.8) is 0 Å². The zero-order valence-electron chi connectivity index (χ0n) is 16.6. The Labute approximate surface area is 171 Å². The molecule has 5 nitrogen and oxygen atoms in total. The van der Waals surface area contributed by atoms with Crippen molar-refractivity contribution in [2.75, 3.05) is 6.54 Å². The van der Waals surface area contributed by atoms with E-state index in [9.17, 15) is 9.59 Å². The summed E-state index contributed by atoms with van der Waals surface area (Å²) >= 11 is 0. The highest BCUT2D eigenvalue weighted by molar-refractivity contribution is 5.83. The van der Waals surface area contributed by atoms with E-state index in [1.807, 2.05) is 55.5 Å². The number of ether oxygens (including phenoxy) is 1. The lowest BCUT2D eigenvalue weighted by molar-refractivity contribution is -0.121. The molecule has 0 fully saturated rings. The fourth-order valence-electron chi connectivity index (χ4n) is 3.09. The molecule has 3 rings (SSSR count). The maximum atomic E-state index is 12.2. The summed E-state index contributed by atoms with van der Waals surface area (Å²) in [6.45, 7) is 2.60. The number of hydrogen-bond acceptors (Lipinski definition) is 3. The molecule has 0 heterocycles. The topological polar surface area (TPSA) is 67.4 Å². The Morgan fingerprint density at radius 3 is 2.45 bits per heavy atom. The molecule has 150 valence electrons. The van der Waals surface area contributed by atoms with Gasteiger partial charge in [0.15, 0.2) is 0 Å². The summed E-state index contributed by atoms with van der Waals surface area (Å²) < 4.78 is 5.14. The van der Waals surface area contributed by atoms with E-state index in [0.29, 0.717) is 19.4 Å². The van der Waals surface area contributed by atoms with E-state index >= 15 is 0 Å². The predicted molar refractivity (Wildman–Crippen MR) is 114 cm³/mol. The summed E-state index contributed by atoms with van der Waals surface area (Å²) in [4.78, 5) is 23.9. The number of carbonyl (C=O) groups is 2. The van der Waals surface area contributed by atoms with E-state index in [1.54, 1.807) is 0 Å². The molecule has 0 saturated carbocycles. The maximum Gasteiger partial charge on any atom is 0.407 e. The highest BCUT2D eigenvalue weighted by Gasteiger charge is 2.10. The smallest absolute Gasteiger partial charge is 0.407 e. The standard InChI is InChI=1S/C24H26N2O3/c1-18(21-14-13-20-10-5-6-11-22(20)16-21)26-23(27)12-7-15-25-24(28)29-17-19-8-3-2-4-9-19/h2-6,8-11,13-14,16,18H,7,12,15,17H2,1H3,(H,25,28)(H,26,27). The summed E-state index contributed by atoms with van der Waals surface area (Å²) in [5.74, 6) is -0.0369. The fraction of sp³-hybridized carbons (Fsp3) is 0.250. The van der Waals surface area contributed by atoms with Crippen LogP contribution in [0, 0.1) is 0 Å². The van der Waals surface area contributed by atoms with Crippen LogP contribution in [0.1, 0.15) is 36.9 Å². The molecule has 0 aliphatic rings. The van der Waals surface area contributed by atoms with Crippen molar-refractivity contribution in [2.45, 2.75) is 32.4 Å². The summed E-state index contributed by atoms with van der Waals surface area (Å²) in [5.41, 5.74) is 2.00. The highest BCUT2D eigenvalue weighted by atomic mass is 16.5. The average Bonchev–Trinajstić information content (AvgIpc) is 2.75. The highest BCUT2D eigenvalue weighted by Crippen LogP contribution is 2.20. The van der Waals surface area contributed by atoms with E-state index in [1.165, 1.54) is 5.39 Å². The van der Waals surface area contributed by atoms with Crippen molar-refractivity contribution in [3.05, 3.63) is 83.9 Å². The van der Waals surface area contributed by atoms with E-state index < -0.39 is 6.09 Å². The molecule has 0 aliphatic heterocycles. The van der Waals surface area contributed by atoms with E-state index in [0.717, 1.165) is 16.5 Å². The van der Waals surface area contributed by atoms with Crippen LogP contribution in [0.3, 0.4) is 0 Å². The van der Waals surface area contributed by atoms with Crippen molar-refractivity contribution < 1.29 is 14.3 Å². The number of alkyl carbamates (subject to hydrolysis) is 1. The van der Waals surface area contributed by atoms with Gasteiger partial charge in [0.05, 0.1) is 6.04 Å². The van der Waals surface area contributed by atoms with Gasteiger partial charge in [0.25, 0.3) is 0 Å². The van der Waals surface area contributed by atoms with Crippen LogP contribution in [0.25, 0.3) is 10.8 Å². The summed E-state index contributed by atoms with van der Waals surface area (Å²) in [6.07, 6.45) is 0.423. The Balaban J connectivity index is 1.35. The van der Waals surface area contributed by atoms with Gasteiger partial charge in [-0.2, -0.15) is 0 Å². The van der Waals surface area contributed by atoms with Gasteiger partial charge in [-0.05, 0) is 41.3 Å². The average molecular weight is 390 g/mol. The van der Waals surface area contributed by atoms with Gasteiger partial charge in [-0.3, -0.25) is 4.79 Å². The van der Waals surface area contributed by atoms with Gasteiger partial charge in [-0.15, -0.1) is 0 Å². The molecular formula is C24H26N2O3. The van der Waals surface area contributed by atoms with Crippen LogP contribution < -0.4 is 10.6 Å². The second kappa shape index (κ2) is 10.3. The van der Waals surface area contributed by atoms with Crippen molar-refractivity contribution in [1.82, 2.24) is 10.6 Å². The zero-order chi connectivity index (χ0) is 20.5. The van der Waals surface area contributed by atoms with Gasteiger partial charge in [0.2, 0.25) is 5.91 Å². The Hall–Kier alpha value is -3.34. The quantitative estimate of drug-likeness (QED) is 0.547. The van der Waals surface area contributed by atoms with Gasteiger partial charge in [0.1, 0.15) is 6.61 Å². The molecule has 29 heavy (non-hydrogen) atoms. The summed E-state index contributed by atoms with van der Waals surface area (Å²) in [7, 11) is 0. The lowest BCUT2D eigenvalue weighted by Crippen LogP contribution is -2.29. The lowest BCUT2D eigenvalue weighted by atomic mass is 10.0. The van der Waals surface area contributed by atoms with Crippen LogP contribution in [0.5, 0.6) is 0 Å². The predicted octanol–water partition coefficient (Wildman–Crippen LogP) is 4.72. The Kier molecular flexibility index (Phi) is 7.22. The normalized spacial score (nSPS) is 11.6. The first-order valence-corrected chi connectivity index (χ1v) is 9.84. The zero-order valence-corrected chi connectivity index (χ0v) is 16.6. The SMILES string of the molecule is CC(NC(=O)CCCNC(=O)OCc1ccccc1)c1ccc2ccccc2c1. The lowest BCUT2D eigenvalue weighted by Gasteiger charge is -2.15. The molecule has 2 amide bonds. The first-order valence-electron chi connectivity index (χ1n) is 9.84. The first kappa shape index (κ1) is 20.4. The monoisotopic (exact) mass is 390 g/mol. The molecule has 0 aliphatic carbocycles. The Morgan fingerprint density at radius 2 is 1.66 bits per heavy atom. The van der Waals surface area contributed by atoms with Gasteiger partial charge >= 0.3 is 6.09 Å². The second-order valence-corrected chi connectivity index (χ2v) is 6.99. The Bertz CT molecular complexity index is 957. The van der Waals surface area contributed by atoms with Gasteiger partial charge in [-0.25, -0.2) is 4.79 Å². The molecule has 0 saturated heterocycles. The molecule has 3 aromatic carbocycles. The molecule has 2 N–H and O–H groups in total. The van der Waals surface area contributed by atoms with Crippen LogP contribution in [-0.2, 0) is 16.1 Å². The van der Waals surface area contributed by atoms with Gasteiger partial charge in [-0.1, -0.05) is 66.7 Å². The molecule has 0 radical (unpaired) electrons. The van der Waals surface area contributed by atoms with Crippen molar-refractivity contribution >= 4 is 22.8 Å². The number of amides is 2. The van der Waals surface area contributed by atoms with Crippen molar-refractivity contribution in [3.8, 4) is 0 Å². The summed E-state index contributed by atoms with van der Waals surface area (Å²) in [5, 5.41) is 8.02. The largest absolute Gasteiger partial charge is 0.445 e. The fourth-order valence-corrected chi connectivity index (χ4v) is 3.09. The minimum absolute atomic E-state index is 0.0369. The van der Waals surface area contributed by atoms with Gasteiger partial charge in [0, 0.05) is 13.0 Å². The third-order valence-electron chi connectivity index (χ3n) is 4.71. The van der Waals surface area contributed by atoms with Crippen molar-refractivity contribution in [1.29, 1.82) is 0 Å². The first-order chi connectivity index (χ1) is 14.1. The minimum Gasteiger partial charge on any atom is -0.445 e. The van der Waals surface area contributed by atoms with Crippen LogP contribution in [0.4, 0.5) is 4.79 Å². The van der Waals surface area contributed by atoms with Crippen LogP contribution in [-0.4, -0.2) is 18.5 Å². The minimum atomic E-state index is -0.473. The molecule has 0 bridgehead atoms. The molecule has 0 aromatic heterocycles. The van der Waals surface area contributed by atoms with Crippen LogP contribution in [0.2, 0.25) is 0 Å². The molecule has 3 aromatic rings. The molecule has 5 heteroatoms. The van der Waals surface area contributed by atoms with E-state index in [-0.39, 0.29) is 18.6 Å². The molecule has 1 unspecified atom stereocenters. The molecule has 1 atom stereocenters.